The Kier molecular flexibility index (Phi) is 7.28. The Labute approximate surface area is 221 Å². The zero-order chi connectivity index (χ0) is 25.9. The predicted octanol–water partition coefficient (Wildman–Crippen LogP) is 6.64. The van der Waals surface area contributed by atoms with Crippen molar-refractivity contribution in [2.45, 2.75) is 51.5 Å². The van der Waals surface area contributed by atoms with Crippen molar-refractivity contribution < 1.29 is 14.7 Å². The smallest absolute Gasteiger partial charge is 0.303 e. The number of nitrogens with one attached hydrogen (secondary N) is 1. The summed E-state index contributed by atoms with van der Waals surface area (Å²) < 4.78 is 1.88. The van der Waals surface area contributed by atoms with Gasteiger partial charge in [0.2, 0.25) is 0 Å². The first-order valence-electron chi connectivity index (χ1n) is 12.7. The number of fused-ring (bicyclic) bond motifs is 1. The topological polar surface area (TPSA) is 83.7 Å². The maximum absolute atomic E-state index is 12.8. The van der Waals surface area contributed by atoms with E-state index in [4.69, 9.17) is 16.7 Å². The van der Waals surface area contributed by atoms with Crippen LogP contribution in [0, 0.1) is 12.8 Å². The lowest BCUT2D eigenvalue weighted by Gasteiger charge is -2.28. The summed E-state index contributed by atoms with van der Waals surface area (Å²) in [5, 5.41) is 12.6. The molecule has 1 fully saturated rings. The Balaban J connectivity index is 1.25. The fraction of sp³-hybridized carbons (Fsp3) is 0.300. The van der Waals surface area contributed by atoms with Gasteiger partial charge in [-0.3, -0.25) is 9.59 Å². The summed E-state index contributed by atoms with van der Waals surface area (Å²) in [5.74, 6) is -0.136. The third-order valence-electron chi connectivity index (χ3n) is 7.49. The van der Waals surface area contributed by atoms with E-state index >= 15 is 0 Å². The van der Waals surface area contributed by atoms with Gasteiger partial charge in [0, 0.05) is 30.4 Å². The van der Waals surface area contributed by atoms with Gasteiger partial charge in [0.15, 0.2) is 0 Å². The number of imidazole rings is 1. The van der Waals surface area contributed by atoms with Gasteiger partial charge in [-0.25, -0.2) is 4.98 Å². The molecule has 2 aromatic carbocycles. The minimum absolute atomic E-state index is 0.244. The van der Waals surface area contributed by atoms with Crippen LogP contribution in [-0.4, -0.2) is 26.4 Å². The van der Waals surface area contributed by atoms with Crippen molar-refractivity contribution in [2.24, 2.45) is 5.92 Å². The van der Waals surface area contributed by atoms with Crippen molar-refractivity contribution in [3.63, 3.8) is 0 Å². The third kappa shape index (κ3) is 5.70. The lowest BCUT2D eigenvalue weighted by atomic mass is 9.77. The molecule has 0 atom stereocenters. The monoisotopic (exact) mass is 515 g/mol. The molecule has 0 aliphatic heterocycles. The van der Waals surface area contributed by atoms with Crippen LogP contribution in [0.15, 0.2) is 67.0 Å². The van der Waals surface area contributed by atoms with Crippen LogP contribution in [0.2, 0.25) is 5.02 Å². The lowest BCUT2D eigenvalue weighted by Crippen LogP contribution is -2.23. The second-order valence-corrected chi connectivity index (χ2v) is 10.4. The van der Waals surface area contributed by atoms with Crippen LogP contribution in [0.3, 0.4) is 0 Å². The van der Waals surface area contributed by atoms with E-state index in [2.05, 4.69) is 34.6 Å². The van der Waals surface area contributed by atoms with Gasteiger partial charge >= 0.3 is 5.97 Å². The van der Waals surface area contributed by atoms with E-state index in [9.17, 15) is 9.59 Å². The van der Waals surface area contributed by atoms with E-state index in [1.807, 2.05) is 47.9 Å². The molecule has 1 aliphatic rings. The number of amides is 1. The highest BCUT2D eigenvalue weighted by Crippen LogP contribution is 2.37. The van der Waals surface area contributed by atoms with E-state index in [1.54, 1.807) is 6.20 Å². The van der Waals surface area contributed by atoms with E-state index in [0.717, 1.165) is 47.9 Å². The summed E-state index contributed by atoms with van der Waals surface area (Å²) in [6, 6.07) is 18.3. The Morgan fingerprint density at radius 1 is 1.00 bits per heavy atom. The van der Waals surface area contributed by atoms with Gasteiger partial charge in [0.25, 0.3) is 5.91 Å². The number of benzene rings is 2. The number of carboxylic acids is 1. The van der Waals surface area contributed by atoms with Crippen molar-refractivity contribution in [3.05, 3.63) is 94.4 Å². The minimum Gasteiger partial charge on any atom is -0.481 e. The standard InChI is InChI=1S/C30H30ClN3O3/c1-19-3-2-4-26(31)25(19)16-32-30(37)27-18-34-17-24(13-14-28(34)33-27)23-11-9-22(10-12-23)21-7-5-20(6-8-21)15-29(35)36/h2-4,9-14,17-18,20-21H,5-8,15-16H2,1H3,(H,32,37)(H,35,36)/t20-,21-. The van der Waals surface area contributed by atoms with Crippen molar-refractivity contribution in [2.75, 3.05) is 0 Å². The molecular weight excluding hydrogens is 486 g/mol. The van der Waals surface area contributed by atoms with Crippen molar-refractivity contribution in [1.29, 1.82) is 0 Å². The summed E-state index contributed by atoms with van der Waals surface area (Å²) in [6.07, 6.45) is 8.06. The lowest BCUT2D eigenvalue weighted by molar-refractivity contribution is -0.138. The molecule has 2 heterocycles. The number of aromatic nitrogens is 2. The van der Waals surface area contributed by atoms with Crippen LogP contribution in [0.1, 0.15) is 65.2 Å². The van der Waals surface area contributed by atoms with Crippen LogP contribution < -0.4 is 5.32 Å². The molecule has 0 bridgehead atoms. The number of hydrogen-bond acceptors (Lipinski definition) is 3. The van der Waals surface area contributed by atoms with Gasteiger partial charge in [-0.05, 0) is 90.5 Å². The van der Waals surface area contributed by atoms with E-state index in [0.29, 0.717) is 34.7 Å². The summed E-state index contributed by atoms with van der Waals surface area (Å²) >= 11 is 6.28. The number of carbonyl (C=O) groups excluding carboxylic acids is 1. The van der Waals surface area contributed by atoms with Crippen molar-refractivity contribution >= 4 is 29.1 Å². The zero-order valence-corrected chi connectivity index (χ0v) is 21.5. The van der Waals surface area contributed by atoms with Crippen molar-refractivity contribution in [1.82, 2.24) is 14.7 Å². The summed E-state index contributed by atoms with van der Waals surface area (Å²) in [5.41, 5.74) is 6.45. The number of aliphatic carboxylic acids is 1. The number of hydrogen-bond donors (Lipinski definition) is 2. The number of halogens is 1. The first kappa shape index (κ1) is 25.0. The summed E-state index contributed by atoms with van der Waals surface area (Å²) in [7, 11) is 0. The van der Waals surface area contributed by atoms with Gasteiger partial charge in [-0.1, -0.05) is 48.0 Å². The van der Waals surface area contributed by atoms with Crippen LogP contribution in [0.4, 0.5) is 0 Å². The van der Waals surface area contributed by atoms with Gasteiger partial charge in [0.1, 0.15) is 11.3 Å². The molecule has 1 saturated carbocycles. The zero-order valence-electron chi connectivity index (χ0n) is 20.8. The molecule has 4 aromatic rings. The van der Waals surface area contributed by atoms with Gasteiger partial charge in [0.05, 0.1) is 0 Å². The number of carbonyl (C=O) groups is 2. The fourth-order valence-corrected chi connectivity index (χ4v) is 5.60. The molecule has 190 valence electrons. The first-order chi connectivity index (χ1) is 17.9. The highest BCUT2D eigenvalue weighted by Gasteiger charge is 2.24. The Hall–Kier alpha value is -3.64. The Morgan fingerprint density at radius 3 is 2.43 bits per heavy atom. The Bertz CT molecular complexity index is 1420. The van der Waals surface area contributed by atoms with Crippen LogP contribution in [0.5, 0.6) is 0 Å². The van der Waals surface area contributed by atoms with Gasteiger partial charge in [-0.15, -0.1) is 0 Å². The highest BCUT2D eigenvalue weighted by atomic mass is 35.5. The van der Waals surface area contributed by atoms with E-state index in [-0.39, 0.29) is 12.3 Å². The van der Waals surface area contributed by atoms with E-state index < -0.39 is 5.97 Å². The van der Waals surface area contributed by atoms with E-state index in [1.165, 1.54) is 5.56 Å². The molecule has 2 aromatic heterocycles. The second-order valence-electron chi connectivity index (χ2n) is 9.96. The maximum atomic E-state index is 12.8. The molecule has 7 heteroatoms. The number of aryl methyl sites for hydroxylation is 1. The molecule has 0 spiro atoms. The molecule has 2 N–H and O–H groups in total. The molecule has 1 aliphatic carbocycles. The average molecular weight is 516 g/mol. The van der Waals surface area contributed by atoms with Crippen LogP contribution in [0.25, 0.3) is 16.8 Å². The summed E-state index contributed by atoms with van der Waals surface area (Å²) in [6.45, 7) is 2.32. The predicted molar refractivity (Wildman–Crippen MR) is 145 cm³/mol. The minimum atomic E-state index is -0.692. The summed E-state index contributed by atoms with van der Waals surface area (Å²) in [4.78, 5) is 28.2. The fourth-order valence-electron chi connectivity index (χ4n) is 5.32. The number of nitrogens with zero attached hydrogens (tertiary/aromatic N) is 2. The molecule has 1 amide bonds. The van der Waals surface area contributed by atoms with Gasteiger partial charge < -0.3 is 14.8 Å². The second kappa shape index (κ2) is 10.8. The molecular formula is C30H30ClN3O3. The molecule has 37 heavy (non-hydrogen) atoms. The molecule has 6 nitrogen and oxygen atoms in total. The highest BCUT2D eigenvalue weighted by molar-refractivity contribution is 6.31. The number of pyridine rings is 1. The Morgan fingerprint density at radius 2 is 1.73 bits per heavy atom. The largest absolute Gasteiger partial charge is 0.481 e. The maximum Gasteiger partial charge on any atom is 0.303 e. The molecule has 0 radical (unpaired) electrons. The quantitative estimate of drug-likeness (QED) is 0.289. The van der Waals surface area contributed by atoms with Gasteiger partial charge in [-0.2, -0.15) is 0 Å². The molecule has 0 unspecified atom stereocenters. The molecule has 5 rings (SSSR count). The van der Waals surface area contributed by atoms with Crippen LogP contribution >= 0.6 is 11.6 Å². The van der Waals surface area contributed by atoms with Crippen LogP contribution in [-0.2, 0) is 11.3 Å². The third-order valence-corrected chi connectivity index (χ3v) is 7.84. The van der Waals surface area contributed by atoms with Crippen molar-refractivity contribution in [3.8, 4) is 11.1 Å². The number of carboxylic acid groups (broad SMARTS) is 1. The normalized spacial score (nSPS) is 17.6. The number of rotatable bonds is 7. The molecule has 0 saturated heterocycles. The average Bonchev–Trinajstić information content (AvgIpc) is 3.32. The first-order valence-corrected chi connectivity index (χ1v) is 13.1. The SMILES string of the molecule is Cc1cccc(Cl)c1CNC(=O)c1cn2cc(-c3ccc([C@H]4CC[C@H](CC(=O)O)CC4)cc3)ccc2n1.